The summed E-state index contributed by atoms with van der Waals surface area (Å²) in [5, 5.41) is 0. The number of carbonyl (C=O) groups excluding carboxylic acids is 2. The van der Waals surface area contributed by atoms with E-state index >= 15 is 0 Å². The van der Waals surface area contributed by atoms with Gasteiger partial charge in [0.1, 0.15) is 5.82 Å². The number of Topliss-reactive ketones (excluding diaryl/α,β-unsaturated/α-hetero) is 2. The molecule has 0 aromatic heterocycles. The maximum absolute atomic E-state index is 13.1. The van der Waals surface area contributed by atoms with Gasteiger partial charge in [-0.1, -0.05) is 18.2 Å². The minimum atomic E-state index is -0.439. The molecule has 2 aromatic carbocycles. The molecule has 0 radical (unpaired) electrons. The second-order valence-electron chi connectivity index (χ2n) is 5.22. The van der Waals surface area contributed by atoms with Gasteiger partial charge in [0.15, 0.2) is 11.6 Å². The SMILES string of the molecule is O=C(CCC(=O)c1ccc2c(c1)SCCS2)c1cccc(F)c1. The highest BCUT2D eigenvalue weighted by Gasteiger charge is 2.15. The lowest BCUT2D eigenvalue weighted by Gasteiger charge is -2.15. The smallest absolute Gasteiger partial charge is 0.163 e. The van der Waals surface area contributed by atoms with Gasteiger partial charge in [0.25, 0.3) is 0 Å². The lowest BCUT2D eigenvalue weighted by molar-refractivity contribution is 0.0917. The molecule has 5 heteroatoms. The Kier molecular flexibility index (Phi) is 5.18. The van der Waals surface area contributed by atoms with E-state index in [-0.39, 0.29) is 24.4 Å². The summed E-state index contributed by atoms with van der Waals surface area (Å²) in [5.74, 6) is 1.45. The van der Waals surface area contributed by atoms with Crippen molar-refractivity contribution in [2.24, 2.45) is 0 Å². The molecule has 1 heterocycles. The Morgan fingerprint density at radius 1 is 0.870 bits per heavy atom. The van der Waals surface area contributed by atoms with E-state index in [4.69, 9.17) is 0 Å². The second-order valence-corrected chi connectivity index (χ2v) is 7.49. The number of hydrogen-bond acceptors (Lipinski definition) is 4. The molecule has 0 saturated heterocycles. The molecule has 3 rings (SSSR count). The third-order valence-electron chi connectivity index (χ3n) is 3.59. The average molecular weight is 346 g/mol. The lowest BCUT2D eigenvalue weighted by atomic mass is 10.0. The molecule has 0 saturated carbocycles. The molecular formula is C18H15FO2S2. The molecule has 0 spiro atoms. The molecule has 2 aromatic rings. The standard InChI is InChI=1S/C18H15FO2S2/c19-14-3-1-2-12(10-14)15(20)5-6-16(21)13-4-7-17-18(11-13)23-9-8-22-17/h1-4,7,10-11H,5-6,8-9H2. The van der Waals surface area contributed by atoms with Gasteiger partial charge in [-0.2, -0.15) is 0 Å². The summed E-state index contributed by atoms with van der Waals surface area (Å²) >= 11 is 3.57. The zero-order valence-electron chi connectivity index (χ0n) is 12.4. The number of rotatable bonds is 5. The maximum atomic E-state index is 13.1. The molecule has 0 aliphatic carbocycles. The number of thioether (sulfide) groups is 2. The predicted octanol–water partition coefficient (Wildman–Crippen LogP) is 4.87. The van der Waals surface area contributed by atoms with E-state index in [2.05, 4.69) is 0 Å². The minimum absolute atomic E-state index is 0.0475. The fourth-order valence-electron chi connectivity index (χ4n) is 2.39. The molecule has 1 aliphatic rings. The number of ketones is 2. The first kappa shape index (κ1) is 16.3. The number of carbonyl (C=O) groups is 2. The Bertz CT molecular complexity index is 758. The van der Waals surface area contributed by atoms with Crippen LogP contribution >= 0.6 is 23.5 Å². The maximum Gasteiger partial charge on any atom is 0.163 e. The second kappa shape index (κ2) is 7.32. The van der Waals surface area contributed by atoms with Crippen molar-refractivity contribution in [3.8, 4) is 0 Å². The molecule has 2 nitrogen and oxygen atoms in total. The summed E-state index contributed by atoms with van der Waals surface area (Å²) in [6.07, 6.45) is 0.243. The van der Waals surface area contributed by atoms with Crippen molar-refractivity contribution in [2.45, 2.75) is 22.6 Å². The van der Waals surface area contributed by atoms with Gasteiger partial charge in [-0.25, -0.2) is 4.39 Å². The van der Waals surface area contributed by atoms with Crippen LogP contribution in [0.5, 0.6) is 0 Å². The predicted molar refractivity (Wildman–Crippen MR) is 92.2 cm³/mol. The van der Waals surface area contributed by atoms with E-state index in [1.54, 1.807) is 29.6 Å². The van der Waals surface area contributed by atoms with Crippen LogP contribution in [-0.2, 0) is 0 Å². The highest BCUT2D eigenvalue weighted by atomic mass is 32.2. The molecule has 0 bridgehead atoms. The van der Waals surface area contributed by atoms with E-state index in [1.165, 1.54) is 23.1 Å². The van der Waals surface area contributed by atoms with Gasteiger partial charge < -0.3 is 0 Å². The van der Waals surface area contributed by atoms with E-state index in [1.807, 2.05) is 18.2 Å². The summed E-state index contributed by atoms with van der Waals surface area (Å²) in [4.78, 5) is 26.7. The van der Waals surface area contributed by atoms with Crippen LogP contribution in [-0.4, -0.2) is 23.1 Å². The number of fused-ring (bicyclic) bond motifs is 1. The Hall–Kier alpha value is -1.59. The highest BCUT2D eigenvalue weighted by Crippen LogP contribution is 2.37. The normalized spacial score (nSPS) is 13.4. The van der Waals surface area contributed by atoms with Gasteiger partial charge in [0.05, 0.1) is 0 Å². The van der Waals surface area contributed by atoms with E-state index in [0.29, 0.717) is 11.1 Å². The molecule has 0 atom stereocenters. The summed E-state index contributed by atoms with van der Waals surface area (Å²) in [6, 6.07) is 11.3. The van der Waals surface area contributed by atoms with Crippen LogP contribution < -0.4 is 0 Å². The summed E-state index contributed by atoms with van der Waals surface area (Å²) in [7, 11) is 0. The third kappa shape index (κ3) is 4.03. The van der Waals surface area contributed by atoms with Crippen molar-refractivity contribution in [1.29, 1.82) is 0 Å². The Morgan fingerprint density at radius 3 is 2.22 bits per heavy atom. The fourth-order valence-corrected chi connectivity index (χ4v) is 4.64. The van der Waals surface area contributed by atoms with Crippen LogP contribution in [0.3, 0.4) is 0 Å². The van der Waals surface area contributed by atoms with Gasteiger partial charge in [0.2, 0.25) is 0 Å². The van der Waals surface area contributed by atoms with Gasteiger partial charge in [0, 0.05) is 45.3 Å². The molecule has 0 fully saturated rings. The molecule has 0 amide bonds. The molecule has 1 aliphatic heterocycles. The summed E-state index contributed by atoms with van der Waals surface area (Å²) < 4.78 is 13.1. The van der Waals surface area contributed by atoms with Crippen molar-refractivity contribution in [3.05, 3.63) is 59.4 Å². The quantitative estimate of drug-likeness (QED) is 0.724. The fraction of sp³-hybridized carbons (Fsp3) is 0.222. The van der Waals surface area contributed by atoms with Crippen LogP contribution in [0.15, 0.2) is 52.3 Å². The molecular weight excluding hydrogens is 331 g/mol. The van der Waals surface area contributed by atoms with Crippen LogP contribution in [0.1, 0.15) is 33.6 Å². The Morgan fingerprint density at radius 2 is 1.52 bits per heavy atom. The first-order valence-corrected chi connectivity index (χ1v) is 9.32. The van der Waals surface area contributed by atoms with Crippen molar-refractivity contribution < 1.29 is 14.0 Å². The molecule has 0 unspecified atom stereocenters. The van der Waals surface area contributed by atoms with Crippen LogP contribution in [0.2, 0.25) is 0 Å². The van der Waals surface area contributed by atoms with Crippen molar-refractivity contribution in [1.82, 2.24) is 0 Å². The monoisotopic (exact) mass is 346 g/mol. The van der Waals surface area contributed by atoms with E-state index in [9.17, 15) is 14.0 Å². The van der Waals surface area contributed by atoms with Gasteiger partial charge in [-0.3, -0.25) is 9.59 Å². The summed E-state index contributed by atoms with van der Waals surface area (Å²) in [5.41, 5.74) is 0.959. The van der Waals surface area contributed by atoms with Crippen LogP contribution in [0.25, 0.3) is 0 Å². The Balaban J connectivity index is 1.64. The van der Waals surface area contributed by atoms with E-state index in [0.717, 1.165) is 16.4 Å². The first-order chi connectivity index (χ1) is 11.1. The number of halogens is 1. The molecule has 23 heavy (non-hydrogen) atoms. The highest BCUT2D eigenvalue weighted by molar-refractivity contribution is 8.05. The molecule has 118 valence electrons. The van der Waals surface area contributed by atoms with Gasteiger partial charge in [-0.15, -0.1) is 23.5 Å². The lowest BCUT2D eigenvalue weighted by Crippen LogP contribution is -2.06. The zero-order chi connectivity index (χ0) is 16.2. The average Bonchev–Trinajstić information content (AvgIpc) is 2.59. The van der Waals surface area contributed by atoms with Crippen LogP contribution in [0.4, 0.5) is 4.39 Å². The van der Waals surface area contributed by atoms with Gasteiger partial charge in [-0.05, 0) is 24.3 Å². The zero-order valence-corrected chi connectivity index (χ0v) is 14.0. The first-order valence-electron chi connectivity index (χ1n) is 7.35. The van der Waals surface area contributed by atoms with Crippen LogP contribution in [0, 0.1) is 5.82 Å². The Labute approximate surface area is 142 Å². The molecule has 0 N–H and O–H groups in total. The minimum Gasteiger partial charge on any atom is -0.294 e. The third-order valence-corrected chi connectivity index (χ3v) is 6.11. The largest absolute Gasteiger partial charge is 0.294 e. The topological polar surface area (TPSA) is 34.1 Å². The number of benzene rings is 2. The van der Waals surface area contributed by atoms with Crippen molar-refractivity contribution in [2.75, 3.05) is 11.5 Å². The van der Waals surface area contributed by atoms with Crippen molar-refractivity contribution in [3.63, 3.8) is 0 Å². The van der Waals surface area contributed by atoms with Crippen molar-refractivity contribution >= 4 is 35.1 Å². The van der Waals surface area contributed by atoms with Gasteiger partial charge >= 0.3 is 0 Å². The van der Waals surface area contributed by atoms with E-state index < -0.39 is 5.82 Å². The summed E-state index contributed by atoms with van der Waals surface area (Å²) in [6.45, 7) is 0. The number of hydrogen-bond donors (Lipinski definition) is 0.